The quantitative estimate of drug-likeness (QED) is 0.606. The summed E-state index contributed by atoms with van der Waals surface area (Å²) < 4.78 is 0. The average Bonchev–Trinajstić information content (AvgIpc) is 2.79. The standard InChI is InChI=1S/C26H28N2O/c29-26(28-17-15-22-12-6-11-20-10-4-5-14-24(20)22)18-25(21-8-2-1-3-9-21)23-13-7-16-27-19-23/h1-5,7-10,13-14,16,19,22,25H,6,11-12,15,17-18H2,(H,28,29). The van der Waals surface area contributed by atoms with Gasteiger partial charge in [-0.2, -0.15) is 0 Å². The van der Waals surface area contributed by atoms with Crippen LogP contribution in [0.15, 0.2) is 79.1 Å². The van der Waals surface area contributed by atoms with Gasteiger partial charge in [0, 0.05) is 31.3 Å². The third kappa shape index (κ3) is 4.92. The molecular weight excluding hydrogens is 356 g/mol. The Morgan fingerprint density at radius 1 is 1.00 bits per heavy atom. The molecule has 0 fully saturated rings. The number of nitrogens with one attached hydrogen (secondary N) is 1. The molecule has 0 bridgehead atoms. The molecule has 1 aliphatic rings. The van der Waals surface area contributed by atoms with Gasteiger partial charge in [-0.1, -0.05) is 60.7 Å². The van der Waals surface area contributed by atoms with Gasteiger partial charge in [-0.25, -0.2) is 0 Å². The lowest BCUT2D eigenvalue weighted by Gasteiger charge is -2.25. The van der Waals surface area contributed by atoms with E-state index < -0.39 is 0 Å². The molecule has 2 aromatic carbocycles. The van der Waals surface area contributed by atoms with E-state index in [1.165, 1.54) is 30.4 Å². The van der Waals surface area contributed by atoms with E-state index in [2.05, 4.69) is 52.8 Å². The van der Waals surface area contributed by atoms with Gasteiger partial charge >= 0.3 is 0 Å². The highest BCUT2D eigenvalue weighted by Crippen LogP contribution is 2.33. The van der Waals surface area contributed by atoms with Crippen LogP contribution in [0.4, 0.5) is 0 Å². The fourth-order valence-electron chi connectivity index (χ4n) is 4.49. The lowest BCUT2D eigenvalue weighted by Crippen LogP contribution is -2.28. The molecule has 1 heterocycles. The van der Waals surface area contributed by atoms with Crippen LogP contribution >= 0.6 is 0 Å². The van der Waals surface area contributed by atoms with Gasteiger partial charge in [-0.15, -0.1) is 0 Å². The number of hydrogen-bond donors (Lipinski definition) is 1. The maximum absolute atomic E-state index is 12.8. The molecular formula is C26H28N2O. The molecule has 3 aromatic rings. The highest BCUT2D eigenvalue weighted by Gasteiger charge is 2.21. The molecule has 0 saturated heterocycles. The van der Waals surface area contributed by atoms with E-state index in [1.807, 2.05) is 30.5 Å². The molecule has 4 rings (SSSR count). The zero-order chi connectivity index (χ0) is 19.9. The van der Waals surface area contributed by atoms with Gasteiger partial charge in [-0.3, -0.25) is 9.78 Å². The summed E-state index contributed by atoms with van der Waals surface area (Å²) in [5.41, 5.74) is 5.19. The Morgan fingerprint density at radius 3 is 2.62 bits per heavy atom. The van der Waals surface area contributed by atoms with E-state index >= 15 is 0 Å². The molecule has 0 radical (unpaired) electrons. The number of aryl methyl sites for hydroxylation is 1. The monoisotopic (exact) mass is 384 g/mol. The maximum Gasteiger partial charge on any atom is 0.220 e. The van der Waals surface area contributed by atoms with E-state index in [0.29, 0.717) is 12.3 Å². The van der Waals surface area contributed by atoms with Crippen molar-refractivity contribution in [2.75, 3.05) is 6.54 Å². The second-order valence-corrected chi connectivity index (χ2v) is 7.88. The SMILES string of the molecule is O=C(CC(c1ccccc1)c1cccnc1)NCCC1CCCc2ccccc21. The molecule has 0 spiro atoms. The number of pyridine rings is 1. The number of amides is 1. The number of aromatic nitrogens is 1. The lowest BCUT2D eigenvalue weighted by molar-refractivity contribution is -0.121. The molecule has 1 N–H and O–H groups in total. The molecule has 1 aromatic heterocycles. The summed E-state index contributed by atoms with van der Waals surface area (Å²) in [7, 11) is 0. The first kappa shape index (κ1) is 19.4. The van der Waals surface area contributed by atoms with Crippen molar-refractivity contribution < 1.29 is 4.79 Å². The highest BCUT2D eigenvalue weighted by molar-refractivity contribution is 5.77. The Labute approximate surface area is 173 Å². The topological polar surface area (TPSA) is 42.0 Å². The van der Waals surface area contributed by atoms with E-state index in [-0.39, 0.29) is 11.8 Å². The lowest BCUT2D eigenvalue weighted by atomic mass is 9.81. The van der Waals surface area contributed by atoms with Crippen molar-refractivity contribution in [3.63, 3.8) is 0 Å². The zero-order valence-corrected chi connectivity index (χ0v) is 16.8. The predicted molar refractivity (Wildman–Crippen MR) is 117 cm³/mol. The molecule has 2 atom stereocenters. The summed E-state index contributed by atoms with van der Waals surface area (Å²) in [6.07, 6.45) is 8.73. The first-order valence-corrected chi connectivity index (χ1v) is 10.6. The van der Waals surface area contributed by atoms with Gasteiger partial charge in [0.25, 0.3) is 0 Å². The summed E-state index contributed by atoms with van der Waals surface area (Å²) in [5.74, 6) is 0.690. The van der Waals surface area contributed by atoms with Gasteiger partial charge in [0.15, 0.2) is 0 Å². The van der Waals surface area contributed by atoms with Crippen LogP contribution in [0.1, 0.15) is 59.8 Å². The molecule has 0 aliphatic heterocycles. The number of rotatable bonds is 7. The first-order valence-electron chi connectivity index (χ1n) is 10.6. The zero-order valence-electron chi connectivity index (χ0n) is 16.8. The predicted octanol–water partition coefficient (Wildman–Crippen LogP) is 5.23. The molecule has 3 heteroatoms. The van der Waals surface area contributed by atoms with Crippen LogP contribution in [0.25, 0.3) is 0 Å². The second-order valence-electron chi connectivity index (χ2n) is 7.88. The average molecular weight is 385 g/mol. The molecule has 29 heavy (non-hydrogen) atoms. The van der Waals surface area contributed by atoms with Crippen molar-refractivity contribution in [1.29, 1.82) is 0 Å². The van der Waals surface area contributed by atoms with Crippen LogP contribution in [-0.2, 0) is 11.2 Å². The largest absolute Gasteiger partial charge is 0.356 e. The van der Waals surface area contributed by atoms with Crippen LogP contribution < -0.4 is 5.32 Å². The Morgan fingerprint density at radius 2 is 1.79 bits per heavy atom. The minimum Gasteiger partial charge on any atom is -0.356 e. The summed E-state index contributed by atoms with van der Waals surface area (Å²) in [4.78, 5) is 17.0. The van der Waals surface area contributed by atoms with E-state index in [9.17, 15) is 4.79 Å². The van der Waals surface area contributed by atoms with Crippen molar-refractivity contribution in [3.8, 4) is 0 Å². The van der Waals surface area contributed by atoms with Crippen molar-refractivity contribution in [3.05, 3.63) is 101 Å². The smallest absolute Gasteiger partial charge is 0.220 e. The fourth-order valence-corrected chi connectivity index (χ4v) is 4.49. The van der Waals surface area contributed by atoms with Crippen LogP contribution in [0.5, 0.6) is 0 Å². The number of hydrogen-bond acceptors (Lipinski definition) is 2. The van der Waals surface area contributed by atoms with Gasteiger partial charge in [0.2, 0.25) is 5.91 Å². The molecule has 1 amide bonds. The highest BCUT2D eigenvalue weighted by atomic mass is 16.1. The number of nitrogens with zero attached hydrogens (tertiary/aromatic N) is 1. The minimum atomic E-state index is 0.0281. The van der Waals surface area contributed by atoms with Crippen LogP contribution in [0.2, 0.25) is 0 Å². The molecule has 0 saturated carbocycles. The number of fused-ring (bicyclic) bond motifs is 1. The Bertz CT molecular complexity index is 884. The molecule has 148 valence electrons. The van der Waals surface area contributed by atoms with Crippen molar-refractivity contribution in [2.24, 2.45) is 0 Å². The number of benzene rings is 2. The molecule has 2 unspecified atom stereocenters. The first-order chi connectivity index (χ1) is 14.3. The van der Waals surface area contributed by atoms with Crippen molar-refractivity contribution in [2.45, 2.75) is 43.9 Å². The fraction of sp³-hybridized carbons (Fsp3) is 0.308. The summed E-state index contributed by atoms with van der Waals surface area (Å²) in [5, 5.41) is 3.17. The van der Waals surface area contributed by atoms with Crippen LogP contribution in [0.3, 0.4) is 0 Å². The van der Waals surface area contributed by atoms with Crippen LogP contribution in [0, 0.1) is 0 Å². The Hall–Kier alpha value is -2.94. The van der Waals surface area contributed by atoms with Gasteiger partial charge in [0.05, 0.1) is 0 Å². The summed E-state index contributed by atoms with van der Waals surface area (Å²) >= 11 is 0. The number of carbonyl (C=O) groups is 1. The normalized spacial score (nSPS) is 16.6. The third-order valence-corrected chi connectivity index (χ3v) is 5.99. The summed E-state index contributed by atoms with van der Waals surface area (Å²) in [6, 6.07) is 23.0. The van der Waals surface area contributed by atoms with E-state index in [0.717, 1.165) is 24.1 Å². The van der Waals surface area contributed by atoms with Gasteiger partial charge in [-0.05, 0) is 59.9 Å². The second kappa shape index (κ2) is 9.51. The number of carbonyl (C=O) groups excluding carboxylic acids is 1. The Balaban J connectivity index is 1.37. The van der Waals surface area contributed by atoms with Crippen molar-refractivity contribution in [1.82, 2.24) is 10.3 Å². The van der Waals surface area contributed by atoms with Gasteiger partial charge < -0.3 is 5.32 Å². The van der Waals surface area contributed by atoms with Crippen molar-refractivity contribution >= 4 is 5.91 Å². The molecule has 1 aliphatic carbocycles. The van der Waals surface area contributed by atoms with E-state index in [4.69, 9.17) is 0 Å². The Kier molecular flexibility index (Phi) is 6.35. The maximum atomic E-state index is 12.8. The van der Waals surface area contributed by atoms with Gasteiger partial charge in [0.1, 0.15) is 0 Å². The minimum absolute atomic E-state index is 0.0281. The van der Waals surface area contributed by atoms with Crippen LogP contribution in [-0.4, -0.2) is 17.4 Å². The van der Waals surface area contributed by atoms with E-state index in [1.54, 1.807) is 6.20 Å². The molecule has 3 nitrogen and oxygen atoms in total. The third-order valence-electron chi connectivity index (χ3n) is 5.99. The summed E-state index contributed by atoms with van der Waals surface area (Å²) in [6.45, 7) is 0.729.